The maximum absolute atomic E-state index is 11.3. The summed E-state index contributed by atoms with van der Waals surface area (Å²) >= 11 is 16.6. The summed E-state index contributed by atoms with van der Waals surface area (Å²) in [6, 6.07) is 17.5. The van der Waals surface area contributed by atoms with Crippen molar-refractivity contribution in [3.8, 4) is 17.0 Å². The molecule has 6 nitrogen and oxygen atoms in total. The number of aromatic nitrogens is 1. The molecule has 1 amide bonds. The van der Waals surface area contributed by atoms with Crippen molar-refractivity contribution in [1.82, 2.24) is 10.3 Å². The van der Waals surface area contributed by atoms with Crippen molar-refractivity contribution in [2.45, 2.75) is 44.8 Å². The van der Waals surface area contributed by atoms with Gasteiger partial charge in [0.15, 0.2) is 0 Å². The Morgan fingerprint density at radius 2 is 1.89 bits per heavy atom. The van der Waals surface area contributed by atoms with Gasteiger partial charge in [0.05, 0.1) is 15.7 Å². The van der Waals surface area contributed by atoms with Crippen LogP contribution in [0, 0.1) is 5.41 Å². The number of benzene rings is 2. The third-order valence-corrected chi connectivity index (χ3v) is 9.07. The fourth-order valence-electron chi connectivity index (χ4n) is 5.71. The van der Waals surface area contributed by atoms with Gasteiger partial charge in [0.2, 0.25) is 0 Å². The normalized spacial score (nSPS) is 18.7. The van der Waals surface area contributed by atoms with E-state index in [4.69, 9.17) is 32.9 Å². The summed E-state index contributed by atoms with van der Waals surface area (Å²) in [6.07, 6.45) is 3.94. The van der Waals surface area contributed by atoms with E-state index in [0.29, 0.717) is 38.3 Å². The number of nitrogens with one attached hydrogen (secondary N) is 1. The maximum atomic E-state index is 11.3. The average molecular weight is 605 g/mol. The number of ether oxygens (including phenoxy) is 1. The number of piperidine rings is 1. The molecule has 1 saturated carbocycles. The van der Waals surface area contributed by atoms with Crippen LogP contribution in [0.25, 0.3) is 11.3 Å². The number of nitrogens with zero attached hydrogens (tertiary/aromatic N) is 2. The third kappa shape index (κ3) is 5.54. The van der Waals surface area contributed by atoms with E-state index in [9.17, 15) is 9.90 Å². The van der Waals surface area contributed by atoms with E-state index < -0.39 is 6.09 Å². The van der Waals surface area contributed by atoms with Crippen molar-refractivity contribution in [2.24, 2.45) is 5.41 Å². The van der Waals surface area contributed by atoms with Crippen LogP contribution in [0.15, 0.2) is 59.2 Å². The molecular weight excluding hydrogens is 577 g/mol. The summed E-state index contributed by atoms with van der Waals surface area (Å²) in [4.78, 5) is 18.5. The number of carboxylic acid groups (broad SMARTS) is 1. The van der Waals surface area contributed by atoms with Gasteiger partial charge in [0, 0.05) is 30.8 Å². The number of amides is 1. The average Bonchev–Trinajstić information content (AvgIpc) is 3.26. The number of anilines is 1. The Morgan fingerprint density at radius 1 is 1.14 bits per heavy atom. The molecule has 1 aliphatic heterocycles. The monoisotopic (exact) mass is 603 g/mol. The predicted octanol–water partition coefficient (Wildman–Crippen LogP) is 7.80. The van der Waals surface area contributed by atoms with Crippen molar-refractivity contribution in [2.75, 3.05) is 18.0 Å². The molecule has 1 atom stereocenters. The highest BCUT2D eigenvalue weighted by molar-refractivity contribution is 9.10. The van der Waals surface area contributed by atoms with Gasteiger partial charge >= 0.3 is 6.09 Å². The lowest BCUT2D eigenvalue weighted by Crippen LogP contribution is -2.50. The Kier molecular flexibility index (Phi) is 7.84. The second-order valence-electron chi connectivity index (χ2n) is 9.76. The summed E-state index contributed by atoms with van der Waals surface area (Å²) in [7, 11) is 0. The summed E-state index contributed by atoms with van der Waals surface area (Å²) in [5, 5.41) is 13.0. The number of rotatable bonds is 6. The van der Waals surface area contributed by atoms with Gasteiger partial charge < -0.3 is 20.1 Å². The SMILES string of the molecule is O=C(O)NC1CCCC12CCN(c1cc(OCc3ccccc3)c(-c3cccc(Cl)c3Cl)nc1Br)CC2. The number of hydrogen-bond donors (Lipinski definition) is 2. The topological polar surface area (TPSA) is 74.7 Å². The Morgan fingerprint density at radius 3 is 2.62 bits per heavy atom. The van der Waals surface area contributed by atoms with Crippen molar-refractivity contribution in [3.05, 3.63) is 74.8 Å². The van der Waals surface area contributed by atoms with Gasteiger partial charge in [-0.1, -0.05) is 72.1 Å². The zero-order chi connectivity index (χ0) is 26.0. The molecule has 2 heterocycles. The number of halogens is 3. The predicted molar refractivity (Wildman–Crippen MR) is 151 cm³/mol. The molecule has 0 bridgehead atoms. The largest absolute Gasteiger partial charge is 0.487 e. The maximum Gasteiger partial charge on any atom is 0.404 e. The first-order valence-electron chi connectivity index (χ1n) is 12.4. The van der Waals surface area contributed by atoms with Crippen LogP contribution in [0.4, 0.5) is 10.5 Å². The van der Waals surface area contributed by atoms with Crippen molar-refractivity contribution >= 4 is 50.9 Å². The lowest BCUT2D eigenvalue weighted by molar-refractivity contribution is 0.149. The Bertz CT molecular complexity index is 1280. The second-order valence-corrected chi connectivity index (χ2v) is 11.3. The van der Waals surface area contributed by atoms with Crippen LogP contribution in [0.5, 0.6) is 5.75 Å². The number of pyridine rings is 1. The molecule has 2 N–H and O–H groups in total. The zero-order valence-corrected chi connectivity index (χ0v) is 23.3. The van der Waals surface area contributed by atoms with E-state index in [1.807, 2.05) is 48.5 Å². The van der Waals surface area contributed by atoms with E-state index in [2.05, 4.69) is 26.1 Å². The smallest absolute Gasteiger partial charge is 0.404 e. The van der Waals surface area contributed by atoms with Crippen molar-refractivity contribution in [1.29, 1.82) is 0 Å². The summed E-state index contributed by atoms with van der Waals surface area (Å²) in [5.41, 5.74) is 3.34. The molecule has 0 radical (unpaired) electrons. The molecule has 2 aromatic carbocycles. The molecule has 1 aliphatic carbocycles. The summed E-state index contributed by atoms with van der Waals surface area (Å²) in [5.74, 6) is 0.623. The molecule has 1 aromatic heterocycles. The van der Waals surface area contributed by atoms with E-state index in [1.165, 1.54) is 0 Å². The van der Waals surface area contributed by atoms with Gasteiger partial charge in [-0.3, -0.25) is 0 Å². The van der Waals surface area contributed by atoms with Crippen molar-refractivity contribution in [3.63, 3.8) is 0 Å². The van der Waals surface area contributed by atoms with E-state index in [0.717, 1.165) is 56.4 Å². The van der Waals surface area contributed by atoms with Gasteiger partial charge in [0.25, 0.3) is 0 Å². The van der Waals surface area contributed by atoms with Crippen LogP contribution in [-0.4, -0.2) is 35.3 Å². The van der Waals surface area contributed by atoms with Gasteiger partial charge in [-0.25, -0.2) is 9.78 Å². The molecule has 1 saturated heterocycles. The van der Waals surface area contributed by atoms with Gasteiger partial charge in [-0.15, -0.1) is 0 Å². The first kappa shape index (κ1) is 26.1. The van der Waals surface area contributed by atoms with Crippen LogP contribution in [0.3, 0.4) is 0 Å². The number of carbonyl (C=O) groups is 1. The molecule has 194 valence electrons. The molecule has 37 heavy (non-hydrogen) atoms. The lowest BCUT2D eigenvalue weighted by atomic mass is 9.74. The van der Waals surface area contributed by atoms with Crippen LogP contribution in [0.2, 0.25) is 10.0 Å². The first-order valence-corrected chi connectivity index (χ1v) is 14.0. The van der Waals surface area contributed by atoms with Crippen LogP contribution < -0.4 is 15.0 Å². The highest BCUT2D eigenvalue weighted by Gasteiger charge is 2.45. The van der Waals surface area contributed by atoms with Crippen LogP contribution in [0.1, 0.15) is 37.7 Å². The van der Waals surface area contributed by atoms with E-state index in [-0.39, 0.29) is 11.5 Å². The zero-order valence-electron chi connectivity index (χ0n) is 20.2. The minimum atomic E-state index is -0.934. The molecule has 9 heteroatoms. The van der Waals surface area contributed by atoms with Gasteiger partial charge in [0.1, 0.15) is 22.7 Å². The second kappa shape index (κ2) is 11.1. The van der Waals surface area contributed by atoms with E-state index in [1.54, 1.807) is 6.07 Å². The Balaban J connectivity index is 1.44. The molecule has 2 fully saturated rings. The Hall–Kier alpha value is -2.48. The summed E-state index contributed by atoms with van der Waals surface area (Å²) in [6.45, 7) is 2.02. The lowest BCUT2D eigenvalue weighted by Gasteiger charge is -2.44. The van der Waals surface area contributed by atoms with Crippen LogP contribution in [-0.2, 0) is 6.61 Å². The molecule has 1 spiro atoms. The molecule has 3 aromatic rings. The minimum absolute atomic E-state index is 0.0193. The van der Waals surface area contributed by atoms with Gasteiger partial charge in [-0.2, -0.15) is 0 Å². The summed E-state index contributed by atoms with van der Waals surface area (Å²) < 4.78 is 7.03. The first-order chi connectivity index (χ1) is 17.9. The fourth-order valence-corrected chi connectivity index (χ4v) is 6.65. The molecule has 5 rings (SSSR count). The highest BCUT2D eigenvalue weighted by Crippen LogP contribution is 2.48. The fraction of sp³-hybridized carbons (Fsp3) is 0.357. The molecular formula is C28H28BrCl2N3O3. The molecule has 2 aliphatic rings. The molecule has 1 unspecified atom stereocenters. The van der Waals surface area contributed by atoms with Crippen molar-refractivity contribution < 1.29 is 14.6 Å². The van der Waals surface area contributed by atoms with E-state index >= 15 is 0 Å². The quantitative estimate of drug-likeness (QED) is 0.281. The third-order valence-electron chi connectivity index (χ3n) is 7.67. The Labute approximate surface area is 235 Å². The highest BCUT2D eigenvalue weighted by atomic mass is 79.9. The number of hydrogen-bond acceptors (Lipinski definition) is 4. The van der Waals surface area contributed by atoms with Gasteiger partial charge in [-0.05, 0) is 58.7 Å². The van der Waals surface area contributed by atoms with Crippen LogP contribution >= 0.6 is 39.1 Å². The minimum Gasteiger partial charge on any atom is -0.487 e. The standard InChI is InChI=1S/C28H28BrCl2N3O3/c29-26-21(34-14-12-28(13-15-34)11-5-10-23(28)32-27(35)36)16-22(37-17-18-6-2-1-3-7-18)25(33-26)19-8-4-9-20(30)24(19)31/h1-4,6-9,16,23,32H,5,10-15,17H2,(H,35,36).